The van der Waals surface area contributed by atoms with Gasteiger partial charge in [0.25, 0.3) is 17.4 Å². The van der Waals surface area contributed by atoms with Crippen molar-refractivity contribution in [3.05, 3.63) is 33.7 Å². The first-order chi connectivity index (χ1) is 11.1. The molecule has 0 radical (unpaired) electrons. The highest BCUT2D eigenvalue weighted by molar-refractivity contribution is 5.94. The smallest absolute Gasteiger partial charge is 0.384 e. The van der Waals surface area contributed by atoms with E-state index >= 15 is 0 Å². The number of hydrogen-bond acceptors (Lipinski definition) is 4. The van der Waals surface area contributed by atoms with Gasteiger partial charge >= 0.3 is 6.18 Å². The Morgan fingerprint density at radius 3 is 2.67 bits per heavy atom. The molecule has 2 amide bonds. The van der Waals surface area contributed by atoms with Crippen molar-refractivity contribution in [3.63, 3.8) is 0 Å². The lowest BCUT2D eigenvalue weighted by atomic mass is 10.0. The number of hydrogen-bond donors (Lipinski definition) is 3. The Balaban J connectivity index is 2.01. The van der Waals surface area contributed by atoms with Gasteiger partial charge < -0.3 is 20.3 Å². The van der Waals surface area contributed by atoms with Crippen LogP contribution in [0.15, 0.2) is 17.1 Å². The molecule has 0 saturated carbocycles. The molecular formula is C14H16F3N3O4. The molecule has 132 valence electrons. The fourth-order valence-corrected chi connectivity index (χ4v) is 2.32. The maximum atomic E-state index is 12.7. The van der Waals surface area contributed by atoms with Crippen LogP contribution in [0.2, 0.25) is 0 Å². The number of aromatic amines is 1. The van der Waals surface area contributed by atoms with E-state index in [-0.39, 0.29) is 18.2 Å². The number of carbonyl (C=O) groups is 2. The zero-order chi connectivity index (χ0) is 18.1. The highest BCUT2D eigenvalue weighted by Crippen LogP contribution is 2.26. The topological polar surface area (TPSA) is 102 Å². The molecule has 2 unspecified atom stereocenters. The summed E-state index contributed by atoms with van der Waals surface area (Å²) >= 11 is 0. The van der Waals surface area contributed by atoms with Crippen LogP contribution in [-0.4, -0.2) is 52.0 Å². The van der Waals surface area contributed by atoms with Crippen LogP contribution in [0.1, 0.15) is 29.3 Å². The van der Waals surface area contributed by atoms with Gasteiger partial charge in [-0.05, 0) is 19.4 Å². The molecule has 1 aliphatic heterocycles. The third-order valence-electron chi connectivity index (χ3n) is 3.75. The van der Waals surface area contributed by atoms with Crippen LogP contribution >= 0.6 is 0 Å². The number of likely N-dealkylation sites (tertiary alicyclic amines) is 1. The van der Waals surface area contributed by atoms with Gasteiger partial charge in [-0.3, -0.25) is 14.4 Å². The maximum Gasteiger partial charge on any atom is 0.421 e. The summed E-state index contributed by atoms with van der Waals surface area (Å²) in [6.45, 7) is 1.81. The number of rotatable bonds is 4. The zero-order valence-electron chi connectivity index (χ0n) is 12.7. The van der Waals surface area contributed by atoms with Gasteiger partial charge in [-0.2, -0.15) is 13.2 Å². The van der Waals surface area contributed by atoms with Gasteiger partial charge in [-0.1, -0.05) is 0 Å². The van der Waals surface area contributed by atoms with Crippen molar-refractivity contribution in [2.75, 3.05) is 13.1 Å². The summed E-state index contributed by atoms with van der Waals surface area (Å²) in [5.41, 5.74) is -3.12. The van der Waals surface area contributed by atoms with E-state index in [4.69, 9.17) is 0 Å². The van der Waals surface area contributed by atoms with E-state index in [1.807, 2.05) is 4.98 Å². The molecule has 2 rings (SSSR count). The largest absolute Gasteiger partial charge is 0.421 e. The quantitative estimate of drug-likeness (QED) is 0.719. The molecule has 3 N–H and O–H groups in total. The average Bonchev–Trinajstić information content (AvgIpc) is 2.45. The van der Waals surface area contributed by atoms with Crippen molar-refractivity contribution in [2.45, 2.75) is 31.7 Å². The van der Waals surface area contributed by atoms with E-state index in [1.165, 1.54) is 11.8 Å². The number of alkyl halides is 3. The first-order valence-corrected chi connectivity index (χ1v) is 7.18. The molecule has 7 nitrogen and oxygen atoms in total. The summed E-state index contributed by atoms with van der Waals surface area (Å²) in [7, 11) is 0. The Bertz CT molecular complexity index is 699. The molecule has 10 heteroatoms. The van der Waals surface area contributed by atoms with Crippen LogP contribution in [0.5, 0.6) is 0 Å². The van der Waals surface area contributed by atoms with E-state index in [0.717, 1.165) is 6.20 Å². The Hall–Kier alpha value is -2.36. The fraction of sp³-hybridized carbons (Fsp3) is 0.500. The maximum absolute atomic E-state index is 12.7. The number of nitrogens with zero attached hydrogens (tertiary/aromatic N) is 1. The lowest BCUT2D eigenvalue weighted by molar-refractivity contribution is -0.147. The molecule has 2 atom stereocenters. The van der Waals surface area contributed by atoms with Crippen LogP contribution in [-0.2, 0) is 11.0 Å². The number of nitrogens with one attached hydrogen (secondary N) is 2. The van der Waals surface area contributed by atoms with E-state index in [9.17, 15) is 32.7 Å². The number of carbonyl (C=O) groups excluding carboxylic acids is 2. The summed E-state index contributed by atoms with van der Waals surface area (Å²) < 4.78 is 38.0. The summed E-state index contributed by atoms with van der Waals surface area (Å²) in [5, 5.41) is 11.7. The van der Waals surface area contributed by atoms with Crippen molar-refractivity contribution < 1.29 is 27.9 Å². The standard InChI is InChI=1S/C14H16F3N3O4/c1-7(21)13(24)20-3-2-9(20)6-19-11(22)8-4-10(14(15,16)17)12(23)18-5-8/h4-5,7,9,21H,2-3,6H2,1H3,(H,18,23)(H,19,22). The predicted octanol–water partition coefficient (Wildman–Crippen LogP) is 0.105. The highest BCUT2D eigenvalue weighted by atomic mass is 19.4. The molecule has 0 spiro atoms. The summed E-state index contributed by atoms with van der Waals surface area (Å²) in [4.78, 5) is 38.0. The fourth-order valence-electron chi connectivity index (χ4n) is 2.32. The Kier molecular flexibility index (Phi) is 4.97. The molecule has 1 aromatic rings. The second-order valence-corrected chi connectivity index (χ2v) is 5.49. The van der Waals surface area contributed by atoms with Gasteiger partial charge in [-0.15, -0.1) is 0 Å². The minimum Gasteiger partial charge on any atom is -0.384 e. The molecule has 0 aliphatic carbocycles. The van der Waals surface area contributed by atoms with Gasteiger partial charge in [0.05, 0.1) is 11.6 Å². The van der Waals surface area contributed by atoms with Crippen LogP contribution < -0.4 is 10.9 Å². The van der Waals surface area contributed by atoms with Crippen molar-refractivity contribution in [1.82, 2.24) is 15.2 Å². The van der Waals surface area contributed by atoms with Crippen LogP contribution in [0.3, 0.4) is 0 Å². The lowest BCUT2D eigenvalue weighted by Gasteiger charge is -2.41. The van der Waals surface area contributed by atoms with Crippen LogP contribution in [0.4, 0.5) is 13.2 Å². The number of pyridine rings is 1. The molecule has 2 heterocycles. The SMILES string of the molecule is CC(O)C(=O)N1CCC1CNC(=O)c1c[nH]c(=O)c(C(F)(F)F)c1. The monoisotopic (exact) mass is 347 g/mol. The minimum absolute atomic E-state index is 0.0395. The number of aromatic nitrogens is 1. The van der Waals surface area contributed by atoms with E-state index in [1.54, 1.807) is 0 Å². The van der Waals surface area contributed by atoms with Gasteiger partial charge in [0.2, 0.25) is 0 Å². The molecule has 0 bridgehead atoms. The predicted molar refractivity (Wildman–Crippen MR) is 76.2 cm³/mol. The summed E-state index contributed by atoms with van der Waals surface area (Å²) in [5.74, 6) is -1.27. The number of H-pyrrole nitrogens is 1. The third kappa shape index (κ3) is 3.75. The molecule has 0 aromatic carbocycles. The van der Waals surface area contributed by atoms with Crippen LogP contribution in [0.25, 0.3) is 0 Å². The van der Waals surface area contributed by atoms with E-state index in [0.29, 0.717) is 19.0 Å². The second kappa shape index (κ2) is 6.63. The molecule has 1 saturated heterocycles. The lowest BCUT2D eigenvalue weighted by Crippen LogP contribution is -2.58. The Labute approximate surface area is 134 Å². The van der Waals surface area contributed by atoms with Crippen LogP contribution in [0, 0.1) is 0 Å². The molecule has 1 fully saturated rings. The van der Waals surface area contributed by atoms with Crippen molar-refractivity contribution >= 4 is 11.8 Å². The molecule has 1 aliphatic rings. The molecule has 1 aromatic heterocycles. The number of amides is 2. The van der Waals surface area contributed by atoms with Gasteiger partial charge in [0.1, 0.15) is 11.7 Å². The third-order valence-corrected chi connectivity index (χ3v) is 3.75. The summed E-state index contributed by atoms with van der Waals surface area (Å²) in [6, 6.07) is 0.161. The summed E-state index contributed by atoms with van der Waals surface area (Å²) in [6.07, 6.45) is -4.51. The van der Waals surface area contributed by atoms with E-state index < -0.39 is 35.2 Å². The molecule has 24 heavy (non-hydrogen) atoms. The number of halogens is 3. The first-order valence-electron chi connectivity index (χ1n) is 7.18. The Morgan fingerprint density at radius 1 is 1.50 bits per heavy atom. The number of aliphatic hydroxyl groups is 1. The minimum atomic E-state index is -4.86. The number of aliphatic hydroxyl groups excluding tert-OH is 1. The average molecular weight is 347 g/mol. The Morgan fingerprint density at radius 2 is 2.17 bits per heavy atom. The van der Waals surface area contributed by atoms with Crippen molar-refractivity contribution in [3.8, 4) is 0 Å². The second-order valence-electron chi connectivity index (χ2n) is 5.49. The van der Waals surface area contributed by atoms with E-state index in [2.05, 4.69) is 5.32 Å². The van der Waals surface area contributed by atoms with Gasteiger partial charge in [-0.25, -0.2) is 0 Å². The van der Waals surface area contributed by atoms with Crippen molar-refractivity contribution in [1.29, 1.82) is 0 Å². The molecular weight excluding hydrogens is 331 g/mol. The highest BCUT2D eigenvalue weighted by Gasteiger charge is 2.36. The van der Waals surface area contributed by atoms with Gasteiger partial charge in [0.15, 0.2) is 0 Å². The van der Waals surface area contributed by atoms with Crippen molar-refractivity contribution in [2.24, 2.45) is 0 Å². The first kappa shape index (κ1) is 18.0. The normalized spacial score (nSPS) is 18.7. The van der Waals surface area contributed by atoms with Gasteiger partial charge in [0, 0.05) is 19.3 Å². The zero-order valence-corrected chi connectivity index (χ0v) is 12.7.